The van der Waals surface area contributed by atoms with Gasteiger partial charge in [0.25, 0.3) is 0 Å². The first-order valence-corrected chi connectivity index (χ1v) is 39.8. The van der Waals surface area contributed by atoms with Crippen molar-refractivity contribution in [3.8, 4) is 0 Å². The molecule has 0 aromatic carbocycles. The molecule has 7 atom stereocenters. The fourth-order valence-corrected chi connectivity index (χ4v) is 12.1. The Balaban J connectivity index is -0.000000206. The highest BCUT2D eigenvalue weighted by atomic mass is 14.5. The maximum atomic E-state index is 2.40. The topological polar surface area (TPSA) is 0 Å². The summed E-state index contributed by atoms with van der Waals surface area (Å²) in [4.78, 5) is 0. The summed E-state index contributed by atoms with van der Waals surface area (Å²) in [5.74, 6) is 13.6. The van der Waals surface area contributed by atoms with Gasteiger partial charge in [-0.05, 0) is 147 Å². The van der Waals surface area contributed by atoms with Gasteiger partial charge < -0.3 is 0 Å². The van der Waals surface area contributed by atoms with Crippen molar-refractivity contribution in [2.75, 3.05) is 0 Å². The zero-order valence-corrected chi connectivity index (χ0v) is 69.6. The molecule has 87 heavy (non-hydrogen) atoms. The highest BCUT2D eigenvalue weighted by Crippen LogP contribution is 2.53. The maximum Gasteiger partial charge on any atom is -0.0323 e. The van der Waals surface area contributed by atoms with Crippen molar-refractivity contribution in [1.29, 1.82) is 0 Å². The highest BCUT2D eigenvalue weighted by Gasteiger charge is 2.43. The lowest BCUT2D eigenvalue weighted by Crippen LogP contribution is -2.24. The van der Waals surface area contributed by atoms with Crippen LogP contribution < -0.4 is 0 Å². The van der Waals surface area contributed by atoms with Gasteiger partial charge in [-0.25, -0.2) is 0 Å². The van der Waals surface area contributed by atoms with Crippen molar-refractivity contribution >= 4 is 0 Å². The van der Waals surface area contributed by atoms with Crippen LogP contribution in [0.2, 0.25) is 0 Å². The van der Waals surface area contributed by atoms with E-state index in [0.717, 1.165) is 82.9 Å². The van der Waals surface area contributed by atoms with E-state index >= 15 is 0 Å². The minimum Gasteiger partial charge on any atom is -0.0683 e. The molecule has 8 saturated carbocycles. The molecule has 0 heterocycles. The van der Waals surface area contributed by atoms with E-state index in [2.05, 4.69) is 235 Å². The Morgan fingerprint density at radius 2 is 0.598 bits per heavy atom. The highest BCUT2D eigenvalue weighted by molar-refractivity contribution is 4.93. The Morgan fingerprint density at radius 3 is 0.724 bits per heavy atom. The molecule has 0 amide bonds. The van der Waals surface area contributed by atoms with Gasteiger partial charge in [0.05, 0.1) is 0 Å². The van der Waals surface area contributed by atoms with E-state index in [1.807, 2.05) is 27.7 Å². The van der Waals surface area contributed by atoms with Crippen molar-refractivity contribution in [3.63, 3.8) is 0 Å². The normalized spacial score (nSPS) is 27.6. The fraction of sp³-hybridized carbons (Fsp3) is 1.00. The van der Waals surface area contributed by atoms with Gasteiger partial charge in [0.1, 0.15) is 0 Å². The molecule has 8 fully saturated rings. The van der Waals surface area contributed by atoms with Crippen molar-refractivity contribution in [3.05, 3.63) is 0 Å². The lowest BCUT2D eigenvalue weighted by Gasteiger charge is -2.32. The Labute approximate surface area is 561 Å². The third-order valence-corrected chi connectivity index (χ3v) is 22.3. The minimum absolute atomic E-state index is 0.500. The zero-order chi connectivity index (χ0) is 69.6. The molecular weight excluding hydrogens is 1040 g/mol. The second kappa shape index (κ2) is 54.3. The van der Waals surface area contributed by atoms with Gasteiger partial charge in [0, 0.05) is 0 Å². The largest absolute Gasteiger partial charge is 0.0683 e. The summed E-state index contributed by atoms with van der Waals surface area (Å²) in [6, 6.07) is 0. The summed E-state index contributed by atoms with van der Waals surface area (Å²) in [6.07, 6.45) is 42.1. The predicted octanol–water partition coefficient (Wildman–Crippen LogP) is 32.5. The van der Waals surface area contributed by atoms with Crippen LogP contribution in [0.25, 0.3) is 0 Å². The minimum atomic E-state index is 0.500. The molecule has 0 aromatic heterocycles. The van der Waals surface area contributed by atoms with Crippen LogP contribution in [-0.2, 0) is 0 Å². The Kier molecular flexibility index (Phi) is 61.2. The molecule has 8 aliphatic rings. The number of rotatable bonds is 1. The first-order chi connectivity index (χ1) is 39.8. The molecule has 0 N–H and O–H groups in total. The summed E-state index contributed by atoms with van der Waals surface area (Å²) in [5, 5.41) is 0. The third kappa shape index (κ3) is 63.2. The first kappa shape index (κ1) is 98.1. The van der Waals surface area contributed by atoms with Crippen molar-refractivity contribution in [2.24, 2.45) is 115 Å². The van der Waals surface area contributed by atoms with Gasteiger partial charge in [-0.1, -0.05) is 417 Å². The molecule has 0 bridgehead atoms. The third-order valence-electron chi connectivity index (χ3n) is 22.3. The van der Waals surface area contributed by atoms with Crippen LogP contribution in [0.3, 0.4) is 0 Å². The number of hydrogen-bond donors (Lipinski definition) is 0. The quantitative estimate of drug-likeness (QED) is 0.245. The van der Waals surface area contributed by atoms with E-state index in [4.69, 9.17) is 0 Å². The maximum absolute atomic E-state index is 2.40. The summed E-state index contributed by atoms with van der Waals surface area (Å²) in [5.41, 5.74) is 3.53. The molecule has 8 rings (SSSR count). The van der Waals surface area contributed by atoms with Crippen molar-refractivity contribution < 1.29 is 0 Å². The van der Waals surface area contributed by atoms with Gasteiger partial charge in [0.2, 0.25) is 0 Å². The van der Waals surface area contributed by atoms with Gasteiger partial charge in [-0.2, -0.15) is 0 Å². The molecule has 0 radical (unpaired) electrons. The summed E-state index contributed by atoms with van der Waals surface area (Å²) < 4.78 is 0. The van der Waals surface area contributed by atoms with Crippen LogP contribution in [0.1, 0.15) is 449 Å². The van der Waals surface area contributed by atoms with Gasteiger partial charge in [-0.15, -0.1) is 0 Å². The second-order valence-electron chi connectivity index (χ2n) is 37.4. The van der Waals surface area contributed by atoms with E-state index in [1.54, 1.807) is 0 Å². The summed E-state index contributed by atoms with van der Waals surface area (Å²) >= 11 is 0. The van der Waals surface area contributed by atoms with Crippen LogP contribution in [0, 0.1) is 115 Å². The van der Waals surface area contributed by atoms with E-state index in [-0.39, 0.29) is 0 Å². The molecule has 0 aromatic rings. The fourth-order valence-electron chi connectivity index (χ4n) is 12.1. The van der Waals surface area contributed by atoms with E-state index in [1.165, 1.54) is 186 Å². The van der Waals surface area contributed by atoms with Crippen molar-refractivity contribution in [2.45, 2.75) is 449 Å². The smallest absolute Gasteiger partial charge is 0.0323 e. The average Bonchev–Trinajstić information content (AvgIpc) is 3.42. The zero-order valence-electron chi connectivity index (χ0n) is 69.6. The van der Waals surface area contributed by atoms with Crippen molar-refractivity contribution in [1.82, 2.24) is 0 Å². The molecule has 8 aliphatic carbocycles. The van der Waals surface area contributed by atoms with E-state index in [9.17, 15) is 0 Å². The molecule has 0 heteroatoms. The first-order valence-electron chi connectivity index (χ1n) is 39.8. The SMILES string of the molecule is CC.CC.CC(C)(C)C.CC(C)C.CC1C(C)(C)CCC1(C)C.CC1CCC(C)(C)CC1.CC1CCC(C)C1C.CC1CCCC1.CC1CCCC1(C)C.CC1CCCC1C.CC1CCCCC1.CC1CCCC[C@H]1C.CCC(C)(C)C.CCC(C)C. The monoisotopic (exact) mass is 1230 g/mol. The van der Waals surface area contributed by atoms with Gasteiger partial charge in [0.15, 0.2) is 0 Å². The predicted molar refractivity (Wildman–Crippen MR) is 413 cm³/mol. The average molecular weight is 1230 g/mol. The van der Waals surface area contributed by atoms with Crippen LogP contribution in [0.15, 0.2) is 0 Å². The molecular formula is C87H186. The second-order valence-corrected chi connectivity index (χ2v) is 37.4. The molecule has 534 valence electrons. The Hall–Kier alpha value is 0. The lowest BCUT2D eigenvalue weighted by atomic mass is 9.74. The molecule has 0 spiro atoms. The molecule has 0 aliphatic heterocycles. The Bertz CT molecular complexity index is 1320. The van der Waals surface area contributed by atoms with Gasteiger partial charge in [-0.3, -0.25) is 0 Å². The summed E-state index contributed by atoms with van der Waals surface area (Å²) in [7, 11) is 0. The van der Waals surface area contributed by atoms with Crippen LogP contribution >= 0.6 is 0 Å². The summed E-state index contributed by atoms with van der Waals surface area (Å²) in [6.45, 7) is 86.4. The van der Waals surface area contributed by atoms with E-state index < -0.39 is 0 Å². The molecule has 0 nitrogen and oxygen atoms in total. The van der Waals surface area contributed by atoms with Crippen LogP contribution in [-0.4, -0.2) is 0 Å². The lowest BCUT2D eigenvalue weighted by molar-refractivity contribution is 0.179. The standard InChI is InChI=1S/C10H20.C9H18.3C8H16.2C7H14.C6H12.C6H14.2C5H12.C4H10.2C2H6/c1-8-9(2,3)6-7-10(8,4)5;1-8-4-6-9(2,3)7-5-8;1-7-5-4-6-8(7,2)3;1-6-4-5-7(2)8(6)3;1-7-5-3-4-6-8(7)2;1-6-4-3-5-7(6)2;1-7-5-3-2-4-6-7;1-6-4-2-3-5-6;1-5-6(2,3)4;1-5(2,3)4;1-4-5(2)3;1-4(2)3;2*1-2/h8H,6-7H2,1-5H3;8H,4-7H2,1-3H3;7H,4-6H2,1-3H3;6-8H,4-5H2,1-3H3;7-8H,3-6H2,1-2H3;6-7H,3-5H2,1-2H3;7H,2-6H2,1H3;6H,2-5H2,1H3;5H2,1-4H3;1-4H3;5H,4H2,1-3H3;4H,1-3H3;2*1-2H3/t;;;;7-,8?;;;;;;;;;/m....1........./s1. The Morgan fingerprint density at radius 1 is 0.333 bits per heavy atom. The van der Waals surface area contributed by atoms with Gasteiger partial charge >= 0.3 is 0 Å². The number of hydrogen-bond acceptors (Lipinski definition) is 0. The van der Waals surface area contributed by atoms with E-state index in [0.29, 0.717) is 32.5 Å². The molecule has 0 saturated heterocycles. The van der Waals surface area contributed by atoms with Crippen LogP contribution in [0.4, 0.5) is 0 Å². The van der Waals surface area contributed by atoms with Crippen LogP contribution in [0.5, 0.6) is 0 Å². The molecule has 6 unspecified atom stereocenters.